The first-order chi connectivity index (χ1) is 12.9. The molecule has 0 saturated carbocycles. The van der Waals surface area contributed by atoms with Crippen LogP contribution in [0.25, 0.3) is 5.82 Å². The number of likely N-dealkylation sites (tertiary alicyclic amines) is 1. The number of carbonyl (C=O) groups excluding carboxylic acids is 2. The summed E-state index contributed by atoms with van der Waals surface area (Å²) < 4.78 is 12.2. The van der Waals surface area contributed by atoms with Gasteiger partial charge in [0.2, 0.25) is 0 Å². The molecule has 146 valence electrons. The largest absolute Gasteiger partial charge is 0.466 e. The topological polar surface area (TPSA) is 77.6 Å². The van der Waals surface area contributed by atoms with E-state index in [1.807, 2.05) is 44.4 Å². The van der Waals surface area contributed by atoms with Gasteiger partial charge in [0, 0.05) is 29.6 Å². The average Bonchev–Trinajstić information content (AvgIpc) is 3.18. The van der Waals surface area contributed by atoms with E-state index in [0.29, 0.717) is 31.1 Å². The summed E-state index contributed by atoms with van der Waals surface area (Å²) in [6.45, 7) is 9.61. The van der Waals surface area contributed by atoms with Crippen molar-refractivity contribution < 1.29 is 18.8 Å². The molecule has 7 nitrogen and oxygen atoms in total. The fraction of sp³-hybridized carbons (Fsp3) is 0.550. The number of hydrogen-bond acceptors (Lipinski definition) is 6. The van der Waals surface area contributed by atoms with Crippen LogP contribution in [-0.4, -0.2) is 52.6 Å². The third-order valence-electron chi connectivity index (χ3n) is 5.07. The van der Waals surface area contributed by atoms with Gasteiger partial charge < -0.3 is 9.26 Å². The maximum atomic E-state index is 12.9. The van der Waals surface area contributed by atoms with Crippen LogP contribution in [0, 0.1) is 26.7 Å². The van der Waals surface area contributed by atoms with Crippen molar-refractivity contribution in [2.75, 3.05) is 26.2 Å². The number of aromatic nitrogens is 2. The van der Waals surface area contributed by atoms with E-state index in [1.165, 1.54) is 0 Å². The van der Waals surface area contributed by atoms with E-state index in [-0.39, 0.29) is 17.7 Å². The van der Waals surface area contributed by atoms with E-state index in [4.69, 9.17) is 9.26 Å². The Balaban J connectivity index is 1.72. The molecule has 1 aliphatic heterocycles. The van der Waals surface area contributed by atoms with E-state index in [0.717, 1.165) is 36.5 Å². The monoisotopic (exact) mass is 373 g/mol. The molecule has 3 rings (SSSR count). The molecule has 1 atom stereocenters. The second kappa shape index (κ2) is 8.08. The Kier molecular flexibility index (Phi) is 5.79. The molecule has 0 aromatic carbocycles. The van der Waals surface area contributed by atoms with E-state index in [2.05, 4.69) is 10.1 Å². The Bertz CT molecular complexity index is 836. The maximum Gasteiger partial charge on any atom is 0.310 e. The number of esters is 1. The summed E-state index contributed by atoms with van der Waals surface area (Å²) in [5.74, 6) is 1.16. The molecule has 0 N–H and O–H groups in total. The summed E-state index contributed by atoms with van der Waals surface area (Å²) in [6.07, 6.45) is 1.72. The van der Waals surface area contributed by atoms with Crippen molar-refractivity contribution in [3.8, 4) is 5.82 Å². The summed E-state index contributed by atoms with van der Waals surface area (Å²) in [6, 6.07) is 3.75. The van der Waals surface area contributed by atoms with Crippen molar-refractivity contribution in [2.24, 2.45) is 5.92 Å². The highest BCUT2D eigenvalue weighted by molar-refractivity contribution is 5.99. The summed E-state index contributed by atoms with van der Waals surface area (Å²) in [7, 11) is 0. The van der Waals surface area contributed by atoms with E-state index >= 15 is 0 Å². The van der Waals surface area contributed by atoms with Crippen LogP contribution >= 0.6 is 0 Å². The van der Waals surface area contributed by atoms with Crippen LogP contribution < -0.4 is 0 Å². The fourth-order valence-electron chi connectivity index (χ4n) is 3.80. The fourth-order valence-corrected chi connectivity index (χ4v) is 3.80. The van der Waals surface area contributed by atoms with Gasteiger partial charge in [0.25, 0.3) is 0 Å². The number of hydrogen-bond donors (Lipinski definition) is 0. The lowest BCUT2D eigenvalue weighted by atomic mass is 9.97. The molecule has 0 bridgehead atoms. The Morgan fingerprint density at radius 1 is 1.30 bits per heavy atom. The van der Waals surface area contributed by atoms with Crippen LogP contribution in [0.4, 0.5) is 0 Å². The highest BCUT2D eigenvalue weighted by Gasteiger charge is 2.28. The minimum atomic E-state index is -0.158. The molecule has 1 fully saturated rings. The number of ketones is 1. The molecule has 2 aromatic heterocycles. The van der Waals surface area contributed by atoms with Crippen LogP contribution in [0.3, 0.4) is 0 Å². The molecule has 3 heterocycles. The van der Waals surface area contributed by atoms with Gasteiger partial charge in [-0.2, -0.15) is 0 Å². The van der Waals surface area contributed by atoms with Crippen LogP contribution in [0.5, 0.6) is 0 Å². The van der Waals surface area contributed by atoms with E-state index < -0.39 is 0 Å². The minimum Gasteiger partial charge on any atom is -0.466 e. The highest BCUT2D eigenvalue weighted by Crippen LogP contribution is 2.23. The molecule has 27 heavy (non-hydrogen) atoms. The number of ether oxygens (including phenoxy) is 1. The van der Waals surface area contributed by atoms with Crippen LogP contribution in [-0.2, 0) is 9.53 Å². The molecule has 0 spiro atoms. The van der Waals surface area contributed by atoms with E-state index in [9.17, 15) is 9.59 Å². The molecule has 1 aliphatic rings. The van der Waals surface area contributed by atoms with Gasteiger partial charge in [-0.25, -0.2) is 0 Å². The van der Waals surface area contributed by atoms with Gasteiger partial charge >= 0.3 is 5.97 Å². The predicted octanol–water partition coefficient (Wildman–Crippen LogP) is 2.85. The van der Waals surface area contributed by atoms with Crippen molar-refractivity contribution in [2.45, 2.75) is 40.5 Å². The second-order valence-corrected chi connectivity index (χ2v) is 7.17. The first kappa shape index (κ1) is 19.4. The molecule has 7 heteroatoms. The van der Waals surface area contributed by atoms with Crippen molar-refractivity contribution in [1.82, 2.24) is 14.6 Å². The number of rotatable bonds is 6. The zero-order valence-corrected chi connectivity index (χ0v) is 16.4. The zero-order chi connectivity index (χ0) is 19.6. The van der Waals surface area contributed by atoms with Gasteiger partial charge in [0.05, 0.1) is 19.1 Å². The standard InChI is InChI=1S/C20H27N3O4/c1-5-26-20(25)16-7-6-8-22(11-16)12-18(24)17-9-13(2)23(15(17)4)19-10-14(3)27-21-19/h9-10,16H,5-8,11-12H2,1-4H3/t16-/m1/s1. The number of piperidine rings is 1. The summed E-state index contributed by atoms with van der Waals surface area (Å²) in [5.41, 5.74) is 2.48. The van der Waals surface area contributed by atoms with Gasteiger partial charge in [0.1, 0.15) is 5.76 Å². The van der Waals surface area contributed by atoms with Crippen LogP contribution in [0.2, 0.25) is 0 Å². The smallest absolute Gasteiger partial charge is 0.310 e. The number of nitrogens with zero attached hydrogens (tertiary/aromatic N) is 3. The number of Topliss-reactive ketones (excluding diaryl/α,β-unsaturated/α-hetero) is 1. The predicted molar refractivity (Wildman–Crippen MR) is 100 cm³/mol. The second-order valence-electron chi connectivity index (χ2n) is 7.17. The Labute approximate surface area is 159 Å². The molecule has 0 unspecified atom stereocenters. The molecular formula is C20H27N3O4. The van der Waals surface area contributed by atoms with Gasteiger partial charge in [-0.1, -0.05) is 5.16 Å². The third kappa shape index (κ3) is 4.13. The minimum absolute atomic E-state index is 0.0547. The Morgan fingerprint density at radius 3 is 2.74 bits per heavy atom. The van der Waals surface area contributed by atoms with Gasteiger partial charge in [-0.15, -0.1) is 0 Å². The maximum absolute atomic E-state index is 12.9. The number of aryl methyl sites for hydroxylation is 2. The molecule has 0 radical (unpaired) electrons. The van der Waals surface area contributed by atoms with Crippen LogP contribution in [0.15, 0.2) is 16.7 Å². The van der Waals surface area contributed by atoms with Gasteiger partial charge in [-0.3, -0.25) is 19.1 Å². The zero-order valence-electron chi connectivity index (χ0n) is 16.4. The normalized spacial score (nSPS) is 17.9. The van der Waals surface area contributed by atoms with Gasteiger partial charge in [-0.05, 0) is 53.1 Å². The SMILES string of the molecule is CCOC(=O)[C@@H]1CCCN(CC(=O)c2cc(C)n(-c3cc(C)on3)c2C)C1. The lowest BCUT2D eigenvalue weighted by Crippen LogP contribution is -2.41. The quantitative estimate of drug-likeness (QED) is 0.572. The van der Waals surface area contributed by atoms with Gasteiger partial charge in [0.15, 0.2) is 11.6 Å². The van der Waals surface area contributed by atoms with Crippen molar-refractivity contribution >= 4 is 11.8 Å². The lowest BCUT2D eigenvalue weighted by Gasteiger charge is -2.30. The van der Waals surface area contributed by atoms with Crippen molar-refractivity contribution in [1.29, 1.82) is 0 Å². The summed E-state index contributed by atoms with van der Waals surface area (Å²) in [5, 5.41) is 4.06. The molecule has 1 saturated heterocycles. The van der Waals surface area contributed by atoms with E-state index in [1.54, 1.807) is 0 Å². The third-order valence-corrected chi connectivity index (χ3v) is 5.07. The average molecular weight is 373 g/mol. The highest BCUT2D eigenvalue weighted by atomic mass is 16.5. The first-order valence-corrected chi connectivity index (χ1v) is 9.45. The molecule has 2 aromatic rings. The summed E-state index contributed by atoms with van der Waals surface area (Å²) >= 11 is 0. The Hall–Kier alpha value is -2.41. The lowest BCUT2D eigenvalue weighted by molar-refractivity contribution is -0.149. The van der Waals surface area contributed by atoms with Crippen molar-refractivity contribution in [3.05, 3.63) is 34.8 Å². The van der Waals surface area contributed by atoms with Crippen LogP contribution in [0.1, 0.15) is 47.3 Å². The van der Waals surface area contributed by atoms with Crippen molar-refractivity contribution in [3.63, 3.8) is 0 Å². The first-order valence-electron chi connectivity index (χ1n) is 9.45. The molecular weight excluding hydrogens is 346 g/mol. The number of carbonyl (C=O) groups is 2. The molecule has 0 aliphatic carbocycles. The summed E-state index contributed by atoms with van der Waals surface area (Å²) in [4.78, 5) is 27.0. The Morgan fingerprint density at radius 2 is 2.07 bits per heavy atom. The molecule has 0 amide bonds.